The lowest BCUT2D eigenvalue weighted by Gasteiger charge is -2.11. The van der Waals surface area contributed by atoms with Crippen LogP contribution >= 0.6 is 11.3 Å². The van der Waals surface area contributed by atoms with Crippen LogP contribution in [0.1, 0.15) is 62.8 Å². The first-order valence-corrected chi connectivity index (χ1v) is 9.76. The Morgan fingerprint density at radius 3 is 2.56 bits per heavy atom. The molecule has 0 spiro atoms. The van der Waals surface area contributed by atoms with Crippen molar-refractivity contribution in [2.24, 2.45) is 4.99 Å². The van der Waals surface area contributed by atoms with E-state index in [9.17, 15) is 4.79 Å². The van der Waals surface area contributed by atoms with Gasteiger partial charge in [0.2, 0.25) is 0 Å². The van der Waals surface area contributed by atoms with Crippen molar-refractivity contribution in [3.63, 3.8) is 0 Å². The van der Waals surface area contributed by atoms with Crippen LogP contribution in [0.2, 0.25) is 0 Å². The van der Waals surface area contributed by atoms with E-state index < -0.39 is 0 Å². The van der Waals surface area contributed by atoms with Gasteiger partial charge in [-0.15, -0.1) is 11.3 Å². The Kier molecular flexibility index (Phi) is 5.38. The van der Waals surface area contributed by atoms with Crippen molar-refractivity contribution in [2.75, 3.05) is 6.61 Å². The van der Waals surface area contributed by atoms with Crippen molar-refractivity contribution in [2.45, 2.75) is 53.4 Å². The summed E-state index contributed by atoms with van der Waals surface area (Å²) in [6.45, 7) is 8.55. The molecule has 0 N–H and O–H groups in total. The second kappa shape index (κ2) is 7.52. The van der Waals surface area contributed by atoms with Crippen molar-refractivity contribution in [1.82, 2.24) is 0 Å². The number of aliphatic imine (C=N–C) groups is 1. The van der Waals surface area contributed by atoms with Crippen molar-refractivity contribution in [1.29, 1.82) is 0 Å². The van der Waals surface area contributed by atoms with Crippen LogP contribution in [0.3, 0.4) is 0 Å². The molecule has 4 heteroatoms. The van der Waals surface area contributed by atoms with Gasteiger partial charge in [-0.25, -0.2) is 9.79 Å². The second-order valence-electron chi connectivity index (χ2n) is 6.68. The van der Waals surface area contributed by atoms with Gasteiger partial charge in [-0.05, 0) is 75.6 Å². The maximum absolute atomic E-state index is 12.5. The zero-order valence-corrected chi connectivity index (χ0v) is 16.3. The van der Waals surface area contributed by atoms with E-state index in [4.69, 9.17) is 9.73 Å². The zero-order chi connectivity index (χ0) is 18.0. The fourth-order valence-electron chi connectivity index (χ4n) is 3.57. The minimum Gasteiger partial charge on any atom is -0.462 e. The molecule has 3 rings (SSSR count). The summed E-state index contributed by atoms with van der Waals surface area (Å²) in [5.74, 6) is -0.230. The number of rotatable bonds is 4. The summed E-state index contributed by atoms with van der Waals surface area (Å²) in [7, 11) is 0. The van der Waals surface area contributed by atoms with Crippen LogP contribution in [0.4, 0.5) is 5.00 Å². The van der Waals surface area contributed by atoms with E-state index in [0.717, 1.165) is 29.8 Å². The number of nitrogens with zero attached hydrogens (tertiary/aromatic N) is 1. The predicted octanol–water partition coefficient (Wildman–Crippen LogP) is 5.48. The number of benzene rings is 1. The van der Waals surface area contributed by atoms with Crippen molar-refractivity contribution in [3.8, 4) is 0 Å². The third kappa shape index (κ3) is 3.69. The lowest BCUT2D eigenvalue weighted by Crippen LogP contribution is -2.09. The minimum absolute atomic E-state index is 0.230. The molecule has 0 saturated carbocycles. The highest BCUT2D eigenvalue weighted by Crippen LogP contribution is 2.40. The predicted molar refractivity (Wildman–Crippen MR) is 105 cm³/mol. The summed E-state index contributed by atoms with van der Waals surface area (Å²) in [4.78, 5) is 18.5. The molecule has 0 atom stereocenters. The lowest BCUT2D eigenvalue weighted by molar-refractivity contribution is 0.0526. The summed E-state index contributed by atoms with van der Waals surface area (Å²) >= 11 is 1.65. The van der Waals surface area contributed by atoms with E-state index in [1.807, 2.05) is 13.1 Å². The highest BCUT2D eigenvalue weighted by molar-refractivity contribution is 7.16. The minimum atomic E-state index is -0.230. The Morgan fingerprint density at radius 2 is 1.88 bits per heavy atom. The molecule has 1 aliphatic rings. The molecule has 0 radical (unpaired) electrons. The summed E-state index contributed by atoms with van der Waals surface area (Å²) in [5, 5.41) is 0.796. The fourth-order valence-corrected chi connectivity index (χ4v) is 4.80. The Morgan fingerprint density at radius 1 is 1.20 bits per heavy atom. The smallest absolute Gasteiger partial charge is 0.341 e. The monoisotopic (exact) mass is 355 g/mol. The average molecular weight is 356 g/mol. The third-order valence-electron chi connectivity index (χ3n) is 4.68. The largest absolute Gasteiger partial charge is 0.462 e. The van der Waals surface area contributed by atoms with Crippen LogP contribution in [0.15, 0.2) is 17.1 Å². The number of esters is 1. The highest BCUT2D eigenvalue weighted by Gasteiger charge is 2.26. The number of aryl methyl sites for hydroxylation is 4. The van der Waals surface area contributed by atoms with Gasteiger partial charge in [0.05, 0.1) is 12.2 Å². The van der Waals surface area contributed by atoms with Crippen LogP contribution < -0.4 is 0 Å². The molecule has 1 aromatic heterocycles. The van der Waals surface area contributed by atoms with Crippen LogP contribution in [0.25, 0.3) is 0 Å². The standard InChI is InChI=1S/C21H25NO2S/c1-5-24-21(23)19-16-8-6-7-9-18(16)25-20(19)22-12-17-14(3)10-13(2)11-15(17)4/h10-12H,5-9H2,1-4H3. The molecular weight excluding hydrogens is 330 g/mol. The Bertz CT molecular complexity index is 810. The van der Waals surface area contributed by atoms with Gasteiger partial charge in [-0.1, -0.05) is 17.7 Å². The molecule has 0 amide bonds. The van der Waals surface area contributed by atoms with E-state index in [1.165, 1.54) is 33.6 Å². The molecule has 0 saturated heterocycles. The number of carbonyl (C=O) groups excluding carboxylic acids is 1. The second-order valence-corrected chi connectivity index (χ2v) is 7.77. The Hall–Kier alpha value is -1.94. The van der Waals surface area contributed by atoms with E-state index in [1.54, 1.807) is 11.3 Å². The maximum Gasteiger partial charge on any atom is 0.341 e. The first kappa shape index (κ1) is 17.9. The number of ether oxygens (including phenoxy) is 1. The molecule has 132 valence electrons. The lowest BCUT2D eigenvalue weighted by atomic mass is 9.95. The van der Waals surface area contributed by atoms with Crippen LogP contribution in [0.5, 0.6) is 0 Å². The van der Waals surface area contributed by atoms with Gasteiger partial charge in [-0.2, -0.15) is 0 Å². The molecule has 0 fully saturated rings. The van der Waals surface area contributed by atoms with Gasteiger partial charge in [0.1, 0.15) is 5.00 Å². The van der Waals surface area contributed by atoms with Crippen LogP contribution in [0, 0.1) is 20.8 Å². The number of carbonyl (C=O) groups is 1. The molecule has 2 aromatic rings. The van der Waals surface area contributed by atoms with Gasteiger partial charge in [0, 0.05) is 11.1 Å². The average Bonchev–Trinajstić information content (AvgIpc) is 2.92. The molecule has 1 heterocycles. The summed E-state index contributed by atoms with van der Waals surface area (Å²) < 4.78 is 5.30. The van der Waals surface area contributed by atoms with Crippen molar-refractivity contribution >= 4 is 28.5 Å². The first-order valence-electron chi connectivity index (χ1n) is 8.94. The molecule has 3 nitrogen and oxygen atoms in total. The van der Waals surface area contributed by atoms with E-state index in [0.29, 0.717) is 12.2 Å². The van der Waals surface area contributed by atoms with E-state index in [2.05, 4.69) is 32.9 Å². The molecule has 1 aliphatic carbocycles. The first-order chi connectivity index (χ1) is 12.0. The maximum atomic E-state index is 12.5. The van der Waals surface area contributed by atoms with Gasteiger partial charge in [-0.3, -0.25) is 0 Å². The number of fused-ring (bicyclic) bond motifs is 1. The SMILES string of the molecule is CCOC(=O)c1c(N=Cc2c(C)cc(C)cc2C)sc2c1CCCC2. The number of hydrogen-bond acceptors (Lipinski definition) is 4. The quantitative estimate of drug-likeness (QED) is 0.538. The molecule has 0 unspecified atom stereocenters. The van der Waals surface area contributed by atoms with Gasteiger partial charge >= 0.3 is 5.97 Å². The highest BCUT2D eigenvalue weighted by atomic mass is 32.1. The third-order valence-corrected chi connectivity index (χ3v) is 5.88. The number of thiophene rings is 1. The zero-order valence-electron chi connectivity index (χ0n) is 15.4. The Balaban J connectivity index is 2.03. The van der Waals surface area contributed by atoms with Gasteiger partial charge in [0.25, 0.3) is 0 Å². The van der Waals surface area contributed by atoms with Crippen molar-refractivity contribution < 1.29 is 9.53 Å². The van der Waals surface area contributed by atoms with Crippen molar-refractivity contribution in [3.05, 3.63) is 50.4 Å². The molecular formula is C21H25NO2S. The van der Waals surface area contributed by atoms with Crippen LogP contribution in [-0.2, 0) is 17.6 Å². The molecule has 0 aliphatic heterocycles. The summed E-state index contributed by atoms with van der Waals surface area (Å²) in [6.07, 6.45) is 6.23. The van der Waals surface area contributed by atoms with Gasteiger partial charge in [0.15, 0.2) is 0 Å². The summed E-state index contributed by atoms with van der Waals surface area (Å²) in [6, 6.07) is 4.33. The topological polar surface area (TPSA) is 38.7 Å². The van der Waals surface area contributed by atoms with E-state index >= 15 is 0 Å². The molecule has 25 heavy (non-hydrogen) atoms. The summed E-state index contributed by atoms with van der Waals surface area (Å²) in [5.41, 5.74) is 6.66. The Labute approximate surface area is 153 Å². The fraction of sp³-hybridized carbons (Fsp3) is 0.429. The molecule has 0 bridgehead atoms. The van der Waals surface area contributed by atoms with E-state index in [-0.39, 0.29) is 5.97 Å². The normalized spacial score (nSPS) is 13.9. The van der Waals surface area contributed by atoms with Gasteiger partial charge < -0.3 is 4.74 Å². The van der Waals surface area contributed by atoms with Crippen LogP contribution in [-0.4, -0.2) is 18.8 Å². The number of hydrogen-bond donors (Lipinski definition) is 0. The molecule has 1 aromatic carbocycles.